The Hall–Kier alpha value is -2.77. The molecule has 1 saturated heterocycles. The van der Waals surface area contributed by atoms with Crippen LogP contribution in [-0.2, 0) is 11.3 Å². The molecule has 0 aromatic heterocycles. The van der Waals surface area contributed by atoms with Gasteiger partial charge >= 0.3 is 6.09 Å². The molecule has 0 radical (unpaired) electrons. The van der Waals surface area contributed by atoms with Crippen LogP contribution < -0.4 is 4.90 Å². The van der Waals surface area contributed by atoms with E-state index >= 15 is 0 Å². The van der Waals surface area contributed by atoms with E-state index in [1.807, 2.05) is 24.3 Å². The molecule has 29 heavy (non-hydrogen) atoms. The summed E-state index contributed by atoms with van der Waals surface area (Å²) in [5.41, 5.74) is 1.88. The zero-order valence-corrected chi connectivity index (χ0v) is 15.9. The first-order chi connectivity index (χ1) is 14.0. The number of cyclic esters (lactones) is 1. The van der Waals surface area contributed by atoms with Crippen molar-refractivity contribution in [3.63, 3.8) is 0 Å². The summed E-state index contributed by atoms with van der Waals surface area (Å²) in [5.74, 6) is -1.41. The molecule has 2 aromatic rings. The van der Waals surface area contributed by atoms with Crippen molar-refractivity contribution in [3.05, 3.63) is 71.3 Å². The van der Waals surface area contributed by atoms with Crippen LogP contribution in [0.25, 0.3) is 5.57 Å². The third kappa shape index (κ3) is 4.16. The molecule has 1 unspecified atom stereocenters. The fourth-order valence-electron chi connectivity index (χ4n) is 3.77. The third-order valence-electron chi connectivity index (χ3n) is 5.28. The van der Waals surface area contributed by atoms with Crippen LogP contribution in [-0.4, -0.2) is 48.4 Å². The van der Waals surface area contributed by atoms with Gasteiger partial charge in [0.15, 0.2) is 0 Å². The van der Waals surface area contributed by atoms with Crippen LogP contribution in [0.2, 0.25) is 0 Å². The number of aliphatic hydroxyl groups is 1. The van der Waals surface area contributed by atoms with Crippen LogP contribution >= 0.6 is 0 Å². The first-order valence-electron chi connectivity index (χ1n) is 9.59. The summed E-state index contributed by atoms with van der Waals surface area (Å²) in [7, 11) is 0. The molecule has 5 nitrogen and oxygen atoms in total. The summed E-state index contributed by atoms with van der Waals surface area (Å²) < 4.78 is 34.5. The molecule has 4 rings (SSSR count). The Balaban J connectivity index is 1.50. The first-order valence-corrected chi connectivity index (χ1v) is 9.59. The second-order valence-corrected chi connectivity index (χ2v) is 7.28. The highest BCUT2D eigenvalue weighted by Crippen LogP contribution is 2.32. The Morgan fingerprint density at radius 3 is 2.45 bits per heavy atom. The molecule has 1 atom stereocenters. The number of halogens is 2. The summed E-state index contributed by atoms with van der Waals surface area (Å²) in [6.45, 7) is 1.83. The third-order valence-corrected chi connectivity index (χ3v) is 5.28. The molecule has 2 aliphatic rings. The average Bonchev–Trinajstić information content (AvgIpc) is 3.10. The quantitative estimate of drug-likeness (QED) is 0.834. The smallest absolute Gasteiger partial charge is 0.414 e. The zero-order valence-electron chi connectivity index (χ0n) is 15.9. The molecule has 0 spiro atoms. The summed E-state index contributed by atoms with van der Waals surface area (Å²) in [6.07, 6.45) is 0.992. The highest BCUT2D eigenvalue weighted by Gasteiger charge is 2.33. The number of anilines is 1. The maximum absolute atomic E-state index is 14.8. The Morgan fingerprint density at radius 1 is 1.14 bits per heavy atom. The van der Waals surface area contributed by atoms with Crippen molar-refractivity contribution in [2.75, 3.05) is 31.1 Å². The molecule has 0 aliphatic carbocycles. The van der Waals surface area contributed by atoms with E-state index in [0.29, 0.717) is 25.1 Å². The van der Waals surface area contributed by atoms with Crippen molar-refractivity contribution in [2.45, 2.75) is 19.1 Å². The van der Waals surface area contributed by atoms with Crippen molar-refractivity contribution in [2.24, 2.45) is 0 Å². The lowest BCUT2D eigenvalue weighted by atomic mass is 9.97. The molecular weight excluding hydrogens is 378 g/mol. The van der Waals surface area contributed by atoms with Crippen molar-refractivity contribution >= 4 is 17.4 Å². The monoisotopic (exact) mass is 400 g/mol. The number of nitrogens with zero attached hydrogens (tertiary/aromatic N) is 2. The van der Waals surface area contributed by atoms with E-state index in [1.54, 1.807) is 0 Å². The van der Waals surface area contributed by atoms with Crippen LogP contribution in [0.3, 0.4) is 0 Å². The van der Waals surface area contributed by atoms with Crippen molar-refractivity contribution in [1.29, 1.82) is 0 Å². The Labute approximate surface area is 167 Å². The molecule has 1 N–H and O–H groups in total. The largest absolute Gasteiger partial charge is 0.441 e. The summed E-state index contributed by atoms with van der Waals surface area (Å²) in [4.78, 5) is 15.2. The Bertz CT molecular complexity index is 910. The van der Waals surface area contributed by atoms with Crippen LogP contribution in [0.15, 0.2) is 48.5 Å². The predicted octanol–water partition coefficient (Wildman–Crippen LogP) is 3.57. The van der Waals surface area contributed by atoms with E-state index in [-0.39, 0.29) is 24.4 Å². The van der Waals surface area contributed by atoms with Gasteiger partial charge in [-0.25, -0.2) is 13.6 Å². The van der Waals surface area contributed by atoms with E-state index in [4.69, 9.17) is 9.84 Å². The van der Waals surface area contributed by atoms with Crippen molar-refractivity contribution in [3.8, 4) is 0 Å². The van der Waals surface area contributed by atoms with Gasteiger partial charge in [-0.15, -0.1) is 0 Å². The topological polar surface area (TPSA) is 53.0 Å². The van der Waals surface area contributed by atoms with Gasteiger partial charge in [0.05, 0.1) is 18.8 Å². The SMILES string of the molecule is O=C1OC(CO)CN1c1cc(F)c(C2=CCN(Cc3ccccc3)CC2)c(F)c1. The van der Waals surface area contributed by atoms with Crippen LogP contribution in [0.4, 0.5) is 19.3 Å². The summed E-state index contributed by atoms with van der Waals surface area (Å²) in [5, 5.41) is 9.12. The minimum Gasteiger partial charge on any atom is -0.441 e. The lowest BCUT2D eigenvalue weighted by Gasteiger charge is -2.27. The standard InChI is InChI=1S/C22H22F2N2O3/c23-19-10-17(26-13-18(14-27)29-22(26)28)11-20(24)21(19)16-6-8-25(9-7-16)12-15-4-2-1-3-5-15/h1-6,10-11,18,27H,7-9,12-14H2. The van der Waals surface area contributed by atoms with E-state index in [9.17, 15) is 13.6 Å². The molecule has 2 aliphatic heterocycles. The molecule has 1 fully saturated rings. The minimum absolute atomic E-state index is 0.0422. The predicted molar refractivity (Wildman–Crippen MR) is 105 cm³/mol. The molecule has 2 heterocycles. The maximum atomic E-state index is 14.8. The maximum Gasteiger partial charge on any atom is 0.414 e. The summed E-state index contributed by atoms with van der Waals surface area (Å²) >= 11 is 0. The molecule has 152 valence electrons. The molecule has 7 heteroatoms. The van der Waals surface area contributed by atoms with Gasteiger partial charge in [-0.05, 0) is 29.7 Å². The van der Waals surface area contributed by atoms with Crippen molar-refractivity contribution < 1.29 is 23.4 Å². The average molecular weight is 400 g/mol. The van der Waals surface area contributed by atoms with Crippen LogP contribution in [0.5, 0.6) is 0 Å². The molecule has 0 saturated carbocycles. The second kappa shape index (κ2) is 8.31. The summed E-state index contributed by atoms with van der Waals surface area (Å²) in [6, 6.07) is 12.4. The van der Waals surface area contributed by atoms with Gasteiger partial charge in [-0.1, -0.05) is 36.4 Å². The second-order valence-electron chi connectivity index (χ2n) is 7.28. The fraction of sp³-hybridized carbons (Fsp3) is 0.318. The van der Waals surface area contributed by atoms with Gasteiger partial charge in [0.1, 0.15) is 17.7 Å². The minimum atomic E-state index is -0.718. The van der Waals surface area contributed by atoms with E-state index in [2.05, 4.69) is 17.0 Å². The molecule has 1 amide bonds. The van der Waals surface area contributed by atoms with Crippen LogP contribution in [0.1, 0.15) is 17.5 Å². The Kier molecular flexibility index (Phi) is 5.60. The molecule has 0 bridgehead atoms. The number of amides is 1. The normalized spacial score (nSPS) is 20.0. The van der Waals surface area contributed by atoms with Gasteiger partial charge in [0.2, 0.25) is 0 Å². The number of hydrogen-bond acceptors (Lipinski definition) is 4. The van der Waals surface area contributed by atoms with Gasteiger partial charge in [0.25, 0.3) is 0 Å². The molecule has 2 aromatic carbocycles. The number of hydrogen-bond donors (Lipinski definition) is 1. The highest BCUT2D eigenvalue weighted by atomic mass is 19.1. The Morgan fingerprint density at radius 2 is 1.86 bits per heavy atom. The number of carbonyl (C=O) groups excluding carboxylic acids is 1. The molecular formula is C22H22F2N2O3. The van der Waals surface area contributed by atoms with Gasteiger partial charge in [-0.3, -0.25) is 9.80 Å². The van der Waals surface area contributed by atoms with Gasteiger partial charge < -0.3 is 9.84 Å². The fourth-order valence-corrected chi connectivity index (χ4v) is 3.77. The van der Waals surface area contributed by atoms with Crippen molar-refractivity contribution in [1.82, 2.24) is 4.90 Å². The van der Waals surface area contributed by atoms with Gasteiger partial charge in [0, 0.05) is 25.2 Å². The lowest BCUT2D eigenvalue weighted by Crippen LogP contribution is -2.28. The van der Waals surface area contributed by atoms with E-state index < -0.39 is 23.8 Å². The van der Waals surface area contributed by atoms with Crippen LogP contribution in [0, 0.1) is 11.6 Å². The first kappa shape index (κ1) is 19.5. The number of rotatable bonds is 5. The number of carbonyl (C=O) groups is 1. The van der Waals surface area contributed by atoms with Gasteiger partial charge in [-0.2, -0.15) is 0 Å². The number of benzene rings is 2. The number of aliphatic hydroxyl groups excluding tert-OH is 1. The van der Waals surface area contributed by atoms with E-state index in [0.717, 1.165) is 23.6 Å². The zero-order chi connectivity index (χ0) is 20.4. The number of ether oxygens (including phenoxy) is 1. The lowest BCUT2D eigenvalue weighted by molar-refractivity contribution is 0.0963. The van der Waals surface area contributed by atoms with E-state index in [1.165, 1.54) is 5.56 Å². The highest BCUT2D eigenvalue weighted by molar-refractivity contribution is 5.90.